The van der Waals surface area contributed by atoms with Crippen LogP contribution in [0.25, 0.3) is 11.1 Å². The van der Waals surface area contributed by atoms with Crippen molar-refractivity contribution in [2.75, 3.05) is 5.73 Å². The van der Waals surface area contributed by atoms with Crippen molar-refractivity contribution in [3.05, 3.63) is 52.6 Å². The van der Waals surface area contributed by atoms with Gasteiger partial charge in [0.1, 0.15) is 17.1 Å². The van der Waals surface area contributed by atoms with E-state index in [1.165, 1.54) is 6.07 Å². The highest BCUT2D eigenvalue weighted by Gasteiger charge is 2.08. The molecule has 0 amide bonds. The number of fused-ring (bicyclic) bond motifs is 1. The van der Waals surface area contributed by atoms with E-state index in [4.69, 9.17) is 14.9 Å². The number of anilines is 1. The van der Waals surface area contributed by atoms with Crippen LogP contribution in [-0.4, -0.2) is 4.98 Å². The van der Waals surface area contributed by atoms with Gasteiger partial charge in [0.2, 0.25) is 5.89 Å². The van der Waals surface area contributed by atoms with Gasteiger partial charge < -0.3 is 14.9 Å². The van der Waals surface area contributed by atoms with Gasteiger partial charge in [-0.15, -0.1) is 0 Å². The van der Waals surface area contributed by atoms with Crippen LogP contribution in [0.4, 0.5) is 10.1 Å². The molecule has 0 radical (unpaired) electrons. The summed E-state index contributed by atoms with van der Waals surface area (Å²) in [6, 6.07) is 9.75. The maximum Gasteiger partial charge on any atom is 0.233 e. The number of hydrogen-bond acceptors (Lipinski definition) is 4. The summed E-state index contributed by atoms with van der Waals surface area (Å²) in [6.07, 6.45) is 0. The molecule has 0 unspecified atom stereocenters. The summed E-state index contributed by atoms with van der Waals surface area (Å²) in [5, 5.41) is 0. The molecule has 3 rings (SSSR count). The third-order valence-corrected chi connectivity index (χ3v) is 3.35. The average molecular weight is 337 g/mol. The van der Waals surface area contributed by atoms with E-state index in [0.717, 1.165) is 0 Å². The number of halogens is 2. The van der Waals surface area contributed by atoms with Crippen molar-refractivity contribution in [3.8, 4) is 5.75 Å². The molecule has 0 spiro atoms. The average Bonchev–Trinajstić information content (AvgIpc) is 2.82. The number of hydrogen-bond donors (Lipinski definition) is 1. The van der Waals surface area contributed by atoms with Gasteiger partial charge in [-0.25, -0.2) is 9.37 Å². The topological polar surface area (TPSA) is 61.3 Å². The molecular formula is C14H10BrFN2O2. The lowest BCUT2D eigenvalue weighted by Gasteiger charge is -2.03. The Morgan fingerprint density at radius 2 is 2.10 bits per heavy atom. The normalized spacial score (nSPS) is 10.9. The van der Waals surface area contributed by atoms with Crippen LogP contribution < -0.4 is 10.5 Å². The number of nitrogens with two attached hydrogens (primary N) is 1. The van der Waals surface area contributed by atoms with Crippen LogP contribution >= 0.6 is 15.9 Å². The van der Waals surface area contributed by atoms with Crippen molar-refractivity contribution in [2.45, 2.75) is 6.61 Å². The lowest BCUT2D eigenvalue weighted by molar-refractivity contribution is 0.266. The van der Waals surface area contributed by atoms with Crippen LogP contribution in [0.3, 0.4) is 0 Å². The van der Waals surface area contributed by atoms with Crippen LogP contribution in [0.2, 0.25) is 0 Å². The number of rotatable bonds is 3. The van der Waals surface area contributed by atoms with E-state index in [0.29, 0.717) is 32.9 Å². The summed E-state index contributed by atoms with van der Waals surface area (Å²) in [4.78, 5) is 4.25. The molecule has 0 saturated carbocycles. The van der Waals surface area contributed by atoms with Crippen molar-refractivity contribution < 1.29 is 13.5 Å². The third kappa shape index (κ3) is 2.60. The molecule has 6 heteroatoms. The Balaban J connectivity index is 1.77. The number of ether oxygens (including phenoxy) is 1. The van der Waals surface area contributed by atoms with E-state index in [1.807, 2.05) is 0 Å². The second-order valence-electron chi connectivity index (χ2n) is 4.20. The van der Waals surface area contributed by atoms with E-state index >= 15 is 0 Å². The molecule has 1 heterocycles. The molecule has 0 bridgehead atoms. The van der Waals surface area contributed by atoms with Crippen LogP contribution in [0.15, 0.2) is 45.3 Å². The predicted molar refractivity (Wildman–Crippen MR) is 76.9 cm³/mol. The van der Waals surface area contributed by atoms with Gasteiger partial charge in [0, 0.05) is 11.8 Å². The van der Waals surface area contributed by atoms with E-state index in [1.54, 1.807) is 30.3 Å². The highest BCUT2D eigenvalue weighted by atomic mass is 79.9. The van der Waals surface area contributed by atoms with Crippen molar-refractivity contribution in [1.29, 1.82) is 0 Å². The maximum absolute atomic E-state index is 13.3. The molecule has 3 aromatic rings. The first-order valence-corrected chi connectivity index (χ1v) is 6.64. The smallest absolute Gasteiger partial charge is 0.233 e. The van der Waals surface area contributed by atoms with Gasteiger partial charge in [-0.3, -0.25) is 0 Å². The molecule has 0 aliphatic heterocycles. The Kier molecular flexibility index (Phi) is 3.31. The first kappa shape index (κ1) is 12.9. The molecule has 0 fully saturated rings. The van der Waals surface area contributed by atoms with E-state index in [2.05, 4.69) is 20.9 Å². The number of nitrogen functional groups attached to an aromatic ring is 1. The summed E-state index contributed by atoms with van der Waals surface area (Å²) in [6.45, 7) is 0.121. The molecule has 0 aliphatic rings. The lowest BCUT2D eigenvalue weighted by Crippen LogP contribution is -1.96. The first-order chi connectivity index (χ1) is 9.61. The number of aromatic nitrogens is 1. The Morgan fingerprint density at radius 1 is 1.25 bits per heavy atom. The zero-order valence-electron chi connectivity index (χ0n) is 10.3. The molecule has 0 aliphatic carbocycles. The molecule has 1 aromatic heterocycles. The summed E-state index contributed by atoms with van der Waals surface area (Å²) in [5.74, 6) is 0.439. The highest BCUT2D eigenvalue weighted by Crippen LogP contribution is 2.23. The molecular weight excluding hydrogens is 327 g/mol. The number of nitrogens with zero attached hydrogens (tertiary/aromatic N) is 1. The van der Waals surface area contributed by atoms with Crippen molar-refractivity contribution in [1.82, 2.24) is 4.98 Å². The van der Waals surface area contributed by atoms with Gasteiger partial charge in [-0.2, -0.15) is 0 Å². The van der Waals surface area contributed by atoms with Gasteiger partial charge >= 0.3 is 0 Å². The van der Waals surface area contributed by atoms with Gasteiger partial charge in [0.25, 0.3) is 0 Å². The minimum atomic E-state index is -0.382. The summed E-state index contributed by atoms with van der Waals surface area (Å²) >= 11 is 3.08. The van der Waals surface area contributed by atoms with Crippen LogP contribution in [0.1, 0.15) is 5.89 Å². The summed E-state index contributed by atoms with van der Waals surface area (Å²) < 4.78 is 24.7. The minimum absolute atomic E-state index is 0.121. The second-order valence-corrected chi connectivity index (χ2v) is 5.05. The molecule has 0 atom stereocenters. The zero-order chi connectivity index (χ0) is 14.1. The van der Waals surface area contributed by atoms with E-state index in [-0.39, 0.29) is 12.4 Å². The molecule has 20 heavy (non-hydrogen) atoms. The molecule has 4 nitrogen and oxygen atoms in total. The van der Waals surface area contributed by atoms with Crippen molar-refractivity contribution >= 4 is 32.7 Å². The fourth-order valence-corrected chi connectivity index (χ4v) is 2.01. The molecule has 0 saturated heterocycles. The van der Waals surface area contributed by atoms with E-state index in [9.17, 15) is 4.39 Å². The number of benzene rings is 2. The fourth-order valence-electron chi connectivity index (χ4n) is 1.77. The van der Waals surface area contributed by atoms with Crippen LogP contribution in [0, 0.1) is 5.82 Å². The summed E-state index contributed by atoms with van der Waals surface area (Å²) in [5.41, 5.74) is 7.60. The standard InChI is InChI=1S/C14H10BrFN2O2/c15-10-3-2-9(6-11(10)16)19-7-14-18-12-5-8(17)1-4-13(12)20-14/h1-6H,7,17H2. The SMILES string of the molecule is Nc1ccc2oc(COc3ccc(Br)c(F)c3)nc2c1. The van der Waals surface area contributed by atoms with Crippen molar-refractivity contribution in [2.24, 2.45) is 0 Å². The van der Waals surface area contributed by atoms with Crippen LogP contribution in [-0.2, 0) is 6.61 Å². The molecule has 2 aromatic carbocycles. The largest absolute Gasteiger partial charge is 0.484 e. The fraction of sp³-hybridized carbons (Fsp3) is 0.0714. The second kappa shape index (κ2) is 5.13. The highest BCUT2D eigenvalue weighted by molar-refractivity contribution is 9.10. The third-order valence-electron chi connectivity index (χ3n) is 2.71. The van der Waals surface area contributed by atoms with E-state index < -0.39 is 0 Å². The summed E-state index contributed by atoms with van der Waals surface area (Å²) in [7, 11) is 0. The Hall–Kier alpha value is -2.08. The van der Waals surface area contributed by atoms with Crippen molar-refractivity contribution in [3.63, 3.8) is 0 Å². The van der Waals surface area contributed by atoms with Gasteiger partial charge in [-0.05, 0) is 46.3 Å². The Bertz CT molecular complexity index is 773. The minimum Gasteiger partial charge on any atom is -0.484 e. The zero-order valence-corrected chi connectivity index (χ0v) is 11.9. The van der Waals surface area contributed by atoms with Gasteiger partial charge in [-0.1, -0.05) is 0 Å². The Morgan fingerprint density at radius 3 is 2.90 bits per heavy atom. The monoisotopic (exact) mass is 336 g/mol. The van der Waals surface area contributed by atoms with Crippen LogP contribution in [0.5, 0.6) is 5.75 Å². The van der Waals surface area contributed by atoms with Gasteiger partial charge in [0.15, 0.2) is 12.2 Å². The predicted octanol–water partition coefficient (Wildman–Crippen LogP) is 3.89. The first-order valence-electron chi connectivity index (χ1n) is 5.84. The molecule has 102 valence electrons. The maximum atomic E-state index is 13.3. The number of oxazole rings is 1. The lowest BCUT2D eigenvalue weighted by atomic mass is 10.3. The quantitative estimate of drug-likeness (QED) is 0.737. The van der Waals surface area contributed by atoms with Gasteiger partial charge in [0.05, 0.1) is 4.47 Å². The molecule has 2 N–H and O–H groups in total. The Labute approximate surface area is 122 Å².